The summed E-state index contributed by atoms with van der Waals surface area (Å²) in [7, 11) is 1.86. The molecule has 0 saturated heterocycles. The van der Waals surface area contributed by atoms with Crippen LogP contribution in [0.1, 0.15) is 29.2 Å². The number of aryl methyl sites for hydroxylation is 2. The Morgan fingerprint density at radius 1 is 1.16 bits per heavy atom. The number of nitrogens with zero attached hydrogens (tertiary/aromatic N) is 6. The fraction of sp³-hybridized carbons (Fsp3) is 0.269. The number of ether oxygens (including phenoxy) is 1. The number of aromatic nitrogens is 5. The summed E-state index contributed by atoms with van der Waals surface area (Å²) in [6, 6.07) is 4.48. The van der Waals surface area contributed by atoms with Gasteiger partial charge in [0.05, 0.1) is 11.9 Å². The van der Waals surface area contributed by atoms with Crippen LogP contribution < -0.4 is 11.1 Å². The number of carboxylic acids is 1. The lowest BCUT2D eigenvalue weighted by molar-refractivity contribution is -0.138. The molecule has 0 bridgehead atoms. The van der Waals surface area contributed by atoms with Gasteiger partial charge in [0.15, 0.2) is 6.04 Å². The average Bonchev–Trinajstić information content (AvgIpc) is 3.30. The van der Waals surface area contributed by atoms with E-state index in [0.29, 0.717) is 28.4 Å². The third-order valence-corrected chi connectivity index (χ3v) is 6.82. The van der Waals surface area contributed by atoms with Gasteiger partial charge in [-0.3, -0.25) is 14.5 Å². The molecule has 5 heterocycles. The average molecular weight is 513 g/mol. The van der Waals surface area contributed by atoms with Crippen molar-refractivity contribution >= 4 is 40.2 Å². The number of carbonyl (C=O) groups excluding carboxylic acids is 1. The highest BCUT2D eigenvalue weighted by Gasteiger charge is 2.44. The molecule has 3 atom stereocenters. The first-order chi connectivity index (χ1) is 18.3. The zero-order chi connectivity index (χ0) is 26.6. The second-order valence-electron chi connectivity index (χ2n) is 9.55. The molecule has 2 aliphatic rings. The number of aliphatic carboxylic acids is 1. The number of rotatable bonds is 6. The zero-order valence-corrected chi connectivity index (χ0v) is 20.6. The van der Waals surface area contributed by atoms with Crippen LogP contribution in [0.3, 0.4) is 0 Å². The molecule has 1 fully saturated rings. The molecule has 1 unspecified atom stereocenters. The zero-order valence-electron chi connectivity index (χ0n) is 20.6. The molecular weight excluding hydrogens is 488 g/mol. The summed E-state index contributed by atoms with van der Waals surface area (Å²) in [6.07, 6.45) is 7.75. The SMILES string of the molecule is Cc1cc(C2=NC(C(=O)O)CO2)ncc1-c1cc2cc(NC(=O)[C@H]3C[C@@H]3c3cnn(C)c3)ncc2c(N)n1. The lowest BCUT2D eigenvalue weighted by atomic mass is 10.0. The Labute approximate surface area is 216 Å². The predicted octanol–water partition coefficient (Wildman–Crippen LogP) is 2.29. The van der Waals surface area contributed by atoms with Gasteiger partial charge in [0.25, 0.3) is 0 Å². The molecule has 0 radical (unpaired) electrons. The molecule has 192 valence electrons. The second kappa shape index (κ2) is 8.91. The fourth-order valence-electron chi connectivity index (χ4n) is 4.67. The van der Waals surface area contributed by atoms with Crippen LogP contribution in [0.2, 0.25) is 0 Å². The minimum atomic E-state index is -1.04. The van der Waals surface area contributed by atoms with Gasteiger partial charge in [-0.2, -0.15) is 5.10 Å². The van der Waals surface area contributed by atoms with Crippen molar-refractivity contribution in [2.24, 2.45) is 18.0 Å². The van der Waals surface area contributed by atoms with Gasteiger partial charge >= 0.3 is 5.97 Å². The first-order valence-electron chi connectivity index (χ1n) is 12.0. The molecule has 4 N–H and O–H groups in total. The van der Waals surface area contributed by atoms with Crippen LogP contribution in [0.25, 0.3) is 22.0 Å². The van der Waals surface area contributed by atoms with Crippen molar-refractivity contribution < 1.29 is 19.4 Å². The minimum Gasteiger partial charge on any atom is -0.480 e. The second-order valence-corrected chi connectivity index (χ2v) is 9.55. The Bertz CT molecular complexity index is 1650. The van der Waals surface area contributed by atoms with Gasteiger partial charge < -0.3 is 20.9 Å². The normalized spacial score (nSPS) is 20.2. The van der Waals surface area contributed by atoms with Crippen molar-refractivity contribution in [1.82, 2.24) is 24.7 Å². The van der Waals surface area contributed by atoms with E-state index in [-0.39, 0.29) is 30.2 Å². The van der Waals surface area contributed by atoms with Crippen molar-refractivity contribution in [1.29, 1.82) is 0 Å². The number of carboxylic acid groups (broad SMARTS) is 1. The molecule has 0 aromatic carbocycles. The number of carbonyl (C=O) groups is 2. The quantitative estimate of drug-likeness (QED) is 0.351. The van der Waals surface area contributed by atoms with E-state index >= 15 is 0 Å². The molecule has 6 rings (SSSR count). The number of hydrogen-bond donors (Lipinski definition) is 3. The molecular formula is C26H24N8O4. The minimum absolute atomic E-state index is 0.0202. The van der Waals surface area contributed by atoms with Crippen LogP contribution in [0.5, 0.6) is 0 Å². The number of nitrogen functional groups attached to an aromatic ring is 1. The van der Waals surface area contributed by atoms with Crippen LogP contribution in [-0.4, -0.2) is 60.3 Å². The summed E-state index contributed by atoms with van der Waals surface area (Å²) in [5.41, 5.74) is 9.94. The Hall–Kier alpha value is -4.87. The van der Waals surface area contributed by atoms with E-state index in [0.717, 1.165) is 28.5 Å². The van der Waals surface area contributed by atoms with Gasteiger partial charge in [0, 0.05) is 42.5 Å². The van der Waals surface area contributed by atoms with Crippen LogP contribution in [0.4, 0.5) is 11.6 Å². The van der Waals surface area contributed by atoms with Gasteiger partial charge in [-0.05, 0) is 54.0 Å². The van der Waals surface area contributed by atoms with Gasteiger partial charge in [0.2, 0.25) is 11.8 Å². The van der Waals surface area contributed by atoms with Crippen LogP contribution >= 0.6 is 0 Å². The van der Waals surface area contributed by atoms with Crippen molar-refractivity contribution in [2.75, 3.05) is 17.7 Å². The highest BCUT2D eigenvalue weighted by atomic mass is 16.5. The highest BCUT2D eigenvalue weighted by molar-refractivity contribution is 5.99. The molecule has 12 heteroatoms. The van der Waals surface area contributed by atoms with Crippen molar-refractivity contribution in [2.45, 2.75) is 25.3 Å². The molecule has 0 spiro atoms. The summed E-state index contributed by atoms with van der Waals surface area (Å²) < 4.78 is 7.15. The standard InChI is InChI=1S/C26H24N8O4/c1-12-3-20(25-32-21(11-38-25)26(36)37)28-8-17(12)19-4-13-5-22(29-9-18(13)23(27)31-19)33-24(35)16-6-15(16)14-7-30-34(2)10-14/h3-5,7-10,15-16,21H,6,11H2,1-2H3,(H2,27,31)(H,36,37)(H,29,33,35)/t15-,16+,21?/m1/s1. The summed E-state index contributed by atoms with van der Waals surface area (Å²) in [6.45, 7) is 1.87. The van der Waals surface area contributed by atoms with Gasteiger partial charge in [0.1, 0.15) is 23.9 Å². The van der Waals surface area contributed by atoms with Crippen molar-refractivity contribution in [3.63, 3.8) is 0 Å². The van der Waals surface area contributed by atoms with Crippen LogP contribution in [-0.2, 0) is 21.4 Å². The van der Waals surface area contributed by atoms with E-state index in [1.165, 1.54) is 0 Å². The number of hydrogen-bond acceptors (Lipinski definition) is 9. The van der Waals surface area contributed by atoms with Crippen LogP contribution in [0, 0.1) is 12.8 Å². The summed E-state index contributed by atoms with van der Waals surface area (Å²) in [5, 5.41) is 17.7. The number of nitrogens with two attached hydrogens (primary N) is 1. The van der Waals surface area contributed by atoms with Gasteiger partial charge in [-0.25, -0.2) is 19.8 Å². The first kappa shape index (κ1) is 23.5. The first-order valence-corrected chi connectivity index (χ1v) is 12.0. The molecule has 4 aromatic rings. The van der Waals surface area contributed by atoms with Crippen molar-refractivity contribution in [3.8, 4) is 11.3 Å². The smallest absolute Gasteiger partial charge is 0.332 e. The van der Waals surface area contributed by atoms with E-state index in [9.17, 15) is 9.59 Å². The van der Waals surface area contributed by atoms with Gasteiger partial charge in [-0.1, -0.05) is 0 Å². The summed E-state index contributed by atoms with van der Waals surface area (Å²) in [4.78, 5) is 41.4. The van der Waals surface area contributed by atoms with E-state index in [2.05, 4.69) is 30.4 Å². The Kier molecular flexibility index (Phi) is 5.51. The maximum atomic E-state index is 12.8. The van der Waals surface area contributed by atoms with E-state index in [1.807, 2.05) is 26.2 Å². The fourth-order valence-corrected chi connectivity index (χ4v) is 4.67. The number of nitrogens with one attached hydrogen (secondary N) is 1. The lowest BCUT2D eigenvalue weighted by Gasteiger charge is -2.11. The number of fused-ring (bicyclic) bond motifs is 1. The van der Waals surface area contributed by atoms with Crippen LogP contribution in [0.15, 0.2) is 48.0 Å². The molecule has 4 aromatic heterocycles. The number of aliphatic imine (C=N–C) groups is 1. The Morgan fingerprint density at radius 3 is 2.71 bits per heavy atom. The lowest BCUT2D eigenvalue weighted by Crippen LogP contribution is -2.18. The molecule has 1 aliphatic heterocycles. The number of anilines is 2. The molecule has 1 saturated carbocycles. The Morgan fingerprint density at radius 2 is 2.00 bits per heavy atom. The predicted molar refractivity (Wildman–Crippen MR) is 139 cm³/mol. The highest BCUT2D eigenvalue weighted by Crippen LogP contribution is 2.47. The largest absolute Gasteiger partial charge is 0.480 e. The topological polar surface area (TPSA) is 170 Å². The number of amides is 1. The molecule has 38 heavy (non-hydrogen) atoms. The third-order valence-electron chi connectivity index (χ3n) is 6.82. The molecule has 12 nitrogen and oxygen atoms in total. The van der Waals surface area contributed by atoms with E-state index in [4.69, 9.17) is 15.6 Å². The monoisotopic (exact) mass is 512 g/mol. The number of pyridine rings is 3. The third kappa shape index (κ3) is 4.29. The maximum Gasteiger partial charge on any atom is 0.332 e. The van der Waals surface area contributed by atoms with Crippen molar-refractivity contribution in [3.05, 3.63) is 59.8 Å². The van der Waals surface area contributed by atoms with E-state index in [1.54, 1.807) is 35.4 Å². The summed E-state index contributed by atoms with van der Waals surface area (Å²) >= 11 is 0. The Balaban J connectivity index is 1.24. The molecule has 1 amide bonds. The molecule has 1 aliphatic carbocycles. The van der Waals surface area contributed by atoms with E-state index < -0.39 is 12.0 Å². The van der Waals surface area contributed by atoms with Gasteiger partial charge in [-0.15, -0.1) is 0 Å². The maximum absolute atomic E-state index is 12.8. The summed E-state index contributed by atoms with van der Waals surface area (Å²) in [5.74, 6) is -0.120.